The number of benzene rings is 2. The van der Waals surface area contributed by atoms with Crippen LogP contribution in [0, 0.1) is 0 Å². The molecule has 0 aliphatic heterocycles. The minimum absolute atomic E-state index is 0.0545. The van der Waals surface area contributed by atoms with Crippen LogP contribution >= 0.6 is 0 Å². The number of methoxy groups -OCH3 is 6. The van der Waals surface area contributed by atoms with Crippen LogP contribution in [-0.2, 0) is 18.9 Å². The van der Waals surface area contributed by atoms with Crippen molar-refractivity contribution in [3.05, 3.63) is 70.2 Å². The van der Waals surface area contributed by atoms with Gasteiger partial charge in [0.1, 0.15) is 23.0 Å². The Morgan fingerprint density at radius 2 is 0.938 bits per heavy atom. The summed E-state index contributed by atoms with van der Waals surface area (Å²) in [5.41, 5.74) is 4.23. The molecule has 0 bridgehead atoms. The van der Waals surface area contributed by atoms with E-state index in [0.717, 1.165) is 69.6 Å². The Hall–Kier alpha value is -3.28. The summed E-state index contributed by atoms with van der Waals surface area (Å²) in [6.07, 6.45) is 1.67. The maximum Gasteiger partial charge on any atom is 0.168 e. The first-order chi connectivity index (χ1) is 15.6. The molecule has 2 aliphatic carbocycles. The lowest BCUT2D eigenvalue weighted by Crippen LogP contribution is -2.07. The number of ether oxygens (including phenoxy) is 6. The Labute approximate surface area is 189 Å². The molecule has 6 nitrogen and oxygen atoms in total. The van der Waals surface area contributed by atoms with E-state index in [1.807, 2.05) is 24.3 Å². The number of hydrogen-bond donors (Lipinski definition) is 0. The van der Waals surface area contributed by atoms with Crippen molar-refractivity contribution in [2.75, 3.05) is 42.7 Å². The fourth-order valence-corrected chi connectivity index (χ4v) is 5.13. The molecule has 2 aromatic carbocycles. The van der Waals surface area contributed by atoms with Gasteiger partial charge in [-0.2, -0.15) is 0 Å². The van der Waals surface area contributed by atoms with Crippen LogP contribution < -0.4 is 9.47 Å². The van der Waals surface area contributed by atoms with E-state index in [9.17, 15) is 0 Å². The molecular weight excluding hydrogens is 408 g/mol. The molecule has 6 heteroatoms. The third-order valence-electron chi connectivity index (χ3n) is 6.43. The monoisotopic (exact) mass is 438 g/mol. The van der Waals surface area contributed by atoms with Gasteiger partial charge >= 0.3 is 0 Å². The molecule has 0 radical (unpaired) electrons. The van der Waals surface area contributed by atoms with Crippen molar-refractivity contribution in [1.29, 1.82) is 0 Å². The summed E-state index contributed by atoms with van der Waals surface area (Å²) in [5.74, 6) is 4.80. The highest BCUT2D eigenvalue weighted by molar-refractivity contribution is 5.78. The van der Waals surface area contributed by atoms with Crippen molar-refractivity contribution in [3.8, 4) is 11.5 Å². The Morgan fingerprint density at radius 3 is 1.25 bits per heavy atom. The average Bonchev–Trinajstić information content (AvgIpc) is 3.33. The summed E-state index contributed by atoms with van der Waals surface area (Å²) >= 11 is 0. The molecule has 0 saturated carbocycles. The SMILES string of the molecule is COC1=C(OC)C(CCC2C(OC)=C(OC)c3c(OC)cccc32)c2cccc(OC)c21. The smallest absolute Gasteiger partial charge is 0.168 e. The van der Waals surface area contributed by atoms with Gasteiger partial charge in [-0.15, -0.1) is 0 Å². The standard InChI is InChI=1S/C26H30O6/c1-27-19-11-7-9-15-17(23(29-3)25(31-5)21(15)19)13-14-18-16-10-8-12-20(28-2)22(16)26(32-6)24(18)30-4/h7-12,17-18H,13-14H2,1-6H3. The Kier molecular flexibility index (Phi) is 6.21. The second kappa shape index (κ2) is 9.07. The lowest BCUT2D eigenvalue weighted by molar-refractivity contribution is 0.233. The molecular formula is C26H30O6. The number of allylic oxidation sites excluding steroid dienone is 2. The Morgan fingerprint density at radius 1 is 0.531 bits per heavy atom. The summed E-state index contributed by atoms with van der Waals surface area (Å²) in [6, 6.07) is 12.2. The van der Waals surface area contributed by atoms with E-state index >= 15 is 0 Å². The van der Waals surface area contributed by atoms with Crippen LogP contribution in [0.2, 0.25) is 0 Å². The number of fused-ring (bicyclic) bond motifs is 2. The van der Waals surface area contributed by atoms with Gasteiger partial charge in [-0.3, -0.25) is 0 Å². The maximum atomic E-state index is 5.84. The molecule has 2 atom stereocenters. The number of rotatable bonds is 9. The molecule has 0 heterocycles. The largest absolute Gasteiger partial charge is 0.497 e. The van der Waals surface area contributed by atoms with E-state index in [2.05, 4.69) is 12.1 Å². The lowest BCUT2D eigenvalue weighted by Gasteiger charge is -2.20. The van der Waals surface area contributed by atoms with Gasteiger partial charge in [0.25, 0.3) is 0 Å². The molecule has 32 heavy (non-hydrogen) atoms. The summed E-state index contributed by atoms with van der Waals surface area (Å²) in [7, 11) is 10.1. The zero-order valence-corrected chi connectivity index (χ0v) is 19.5. The second-order valence-electron chi connectivity index (χ2n) is 7.73. The van der Waals surface area contributed by atoms with Crippen molar-refractivity contribution in [3.63, 3.8) is 0 Å². The molecule has 0 N–H and O–H groups in total. The number of hydrogen-bond acceptors (Lipinski definition) is 6. The minimum atomic E-state index is 0.0545. The van der Waals surface area contributed by atoms with Crippen molar-refractivity contribution in [1.82, 2.24) is 0 Å². The maximum absolute atomic E-state index is 5.84. The first-order valence-electron chi connectivity index (χ1n) is 10.6. The molecule has 0 saturated heterocycles. The van der Waals surface area contributed by atoms with E-state index in [1.54, 1.807) is 42.7 Å². The zero-order valence-electron chi connectivity index (χ0n) is 19.5. The molecule has 0 fully saturated rings. The van der Waals surface area contributed by atoms with Gasteiger partial charge in [0, 0.05) is 11.8 Å². The van der Waals surface area contributed by atoms with Gasteiger partial charge in [0.05, 0.1) is 53.8 Å². The van der Waals surface area contributed by atoms with Gasteiger partial charge in [-0.25, -0.2) is 0 Å². The molecule has 2 aromatic rings. The highest BCUT2D eigenvalue weighted by Crippen LogP contribution is 2.52. The molecule has 0 aromatic heterocycles. The summed E-state index contributed by atoms with van der Waals surface area (Å²) in [6.45, 7) is 0. The van der Waals surface area contributed by atoms with Crippen molar-refractivity contribution in [2.24, 2.45) is 0 Å². The Balaban J connectivity index is 1.72. The quantitative estimate of drug-likeness (QED) is 0.529. The molecule has 170 valence electrons. The van der Waals surface area contributed by atoms with Crippen LogP contribution in [-0.4, -0.2) is 42.7 Å². The lowest BCUT2D eigenvalue weighted by atomic mass is 9.88. The predicted octanol–water partition coefficient (Wildman–Crippen LogP) is 5.30. The zero-order chi connectivity index (χ0) is 22.8. The molecule has 4 rings (SSSR count). The van der Waals surface area contributed by atoms with Crippen molar-refractivity contribution < 1.29 is 28.4 Å². The highest BCUT2D eigenvalue weighted by Gasteiger charge is 2.39. The second-order valence-corrected chi connectivity index (χ2v) is 7.73. The van der Waals surface area contributed by atoms with Gasteiger partial charge in [-0.1, -0.05) is 24.3 Å². The van der Waals surface area contributed by atoms with Crippen LogP contribution in [0.5, 0.6) is 11.5 Å². The molecule has 0 spiro atoms. The highest BCUT2D eigenvalue weighted by atomic mass is 16.5. The van der Waals surface area contributed by atoms with E-state index in [0.29, 0.717) is 0 Å². The van der Waals surface area contributed by atoms with E-state index in [1.165, 1.54) is 0 Å². The predicted molar refractivity (Wildman–Crippen MR) is 123 cm³/mol. The first-order valence-corrected chi connectivity index (χ1v) is 10.6. The third kappa shape index (κ3) is 3.25. The minimum Gasteiger partial charge on any atom is -0.497 e. The van der Waals surface area contributed by atoms with Crippen LogP contribution in [0.4, 0.5) is 0 Å². The molecule has 0 amide bonds. The van der Waals surface area contributed by atoms with Gasteiger partial charge < -0.3 is 28.4 Å². The van der Waals surface area contributed by atoms with E-state index in [4.69, 9.17) is 28.4 Å². The molecule has 2 aliphatic rings. The van der Waals surface area contributed by atoms with E-state index in [-0.39, 0.29) is 11.8 Å². The Bertz CT molecular complexity index is 982. The normalized spacial score (nSPS) is 18.9. The average molecular weight is 439 g/mol. The van der Waals surface area contributed by atoms with E-state index < -0.39 is 0 Å². The summed E-state index contributed by atoms with van der Waals surface area (Å²) in [5, 5.41) is 0. The van der Waals surface area contributed by atoms with Gasteiger partial charge in [0.15, 0.2) is 11.5 Å². The van der Waals surface area contributed by atoms with Crippen LogP contribution in [0.1, 0.15) is 46.9 Å². The van der Waals surface area contributed by atoms with Crippen LogP contribution in [0.3, 0.4) is 0 Å². The fourth-order valence-electron chi connectivity index (χ4n) is 5.13. The summed E-state index contributed by atoms with van der Waals surface area (Å²) < 4.78 is 34.4. The topological polar surface area (TPSA) is 55.4 Å². The summed E-state index contributed by atoms with van der Waals surface area (Å²) in [4.78, 5) is 0. The fraction of sp³-hybridized carbons (Fsp3) is 0.385. The van der Waals surface area contributed by atoms with Crippen molar-refractivity contribution >= 4 is 11.5 Å². The van der Waals surface area contributed by atoms with Crippen LogP contribution in [0.25, 0.3) is 11.5 Å². The van der Waals surface area contributed by atoms with Crippen LogP contribution in [0.15, 0.2) is 47.9 Å². The third-order valence-corrected chi connectivity index (χ3v) is 6.43. The van der Waals surface area contributed by atoms with Crippen molar-refractivity contribution in [2.45, 2.75) is 24.7 Å². The first kappa shape index (κ1) is 21.9. The molecule has 2 unspecified atom stereocenters. The van der Waals surface area contributed by atoms with Gasteiger partial charge in [-0.05, 0) is 36.1 Å². The van der Waals surface area contributed by atoms with Gasteiger partial charge in [0.2, 0.25) is 0 Å².